The lowest BCUT2D eigenvalue weighted by Crippen LogP contribution is -2.49. The Hall–Kier alpha value is -3.09. The number of rotatable bonds is 4. The maximum Gasteiger partial charge on any atom is 0.243 e. The van der Waals surface area contributed by atoms with E-state index in [2.05, 4.69) is 36.4 Å². The first-order chi connectivity index (χ1) is 15.5. The third kappa shape index (κ3) is 3.80. The smallest absolute Gasteiger partial charge is 0.243 e. The average Bonchev–Trinajstić information content (AvgIpc) is 2.84. The zero-order valence-corrected chi connectivity index (χ0v) is 18.7. The summed E-state index contributed by atoms with van der Waals surface area (Å²) in [5.41, 5.74) is 2.90. The van der Waals surface area contributed by atoms with Crippen LogP contribution in [0.25, 0.3) is 17.2 Å². The van der Waals surface area contributed by atoms with Crippen LogP contribution in [0.5, 0.6) is 11.5 Å². The molecule has 0 atom stereocenters. The summed E-state index contributed by atoms with van der Waals surface area (Å²) < 4.78 is 39.2. The maximum absolute atomic E-state index is 13.1. The largest absolute Gasteiger partial charge is 0.497 e. The molecular formula is C26H25NO4S. The number of piperidine rings is 1. The van der Waals surface area contributed by atoms with E-state index in [4.69, 9.17) is 9.47 Å². The molecule has 0 aromatic heterocycles. The minimum atomic E-state index is -3.54. The van der Waals surface area contributed by atoms with E-state index in [1.165, 1.54) is 5.56 Å². The maximum atomic E-state index is 13.1. The lowest BCUT2D eigenvalue weighted by Gasteiger charge is -2.41. The summed E-state index contributed by atoms with van der Waals surface area (Å²) in [4.78, 5) is 0.285. The molecule has 164 valence electrons. The van der Waals surface area contributed by atoms with Crippen molar-refractivity contribution in [2.75, 3.05) is 20.2 Å². The van der Waals surface area contributed by atoms with Crippen LogP contribution in [0.4, 0.5) is 0 Å². The van der Waals surface area contributed by atoms with Gasteiger partial charge < -0.3 is 9.47 Å². The third-order valence-corrected chi connectivity index (χ3v) is 8.18. The Morgan fingerprint density at radius 2 is 1.62 bits per heavy atom. The minimum absolute atomic E-state index is 0.285. The highest BCUT2D eigenvalue weighted by Crippen LogP contribution is 2.39. The number of hydrogen-bond acceptors (Lipinski definition) is 4. The Morgan fingerprint density at radius 1 is 0.906 bits per heavy atom. The fraction of sp³-hybridized carbons (Fsp3) is 0.231. The number of hydrogen-bond donors (Lipinski definition) is 0. The van der Waals surface area contributed by atoms with Gasteiger partial charge in [-0.1, -0.05) is 42.5 Å². The second kappa shape index (κ2) is 8.11. The molecule has 32 heavy (non-hydrogen) atoms. The van der Waals surface area contributed by atoms with Gasteiger partial charge in [-0.3, -0.25) is 0 Å². The summed E-state index contributed by atoms with van der Waals surface area (Å²) in [6.45, 7) is 0.826. The van der Waals surface area contributed by atoms with Gasteiger partial charge >= 0.3 is 0 Å². The molecule has 0 saturated carbocycles. The first kappa shape index (κ1) is 20.8. The highest BCUT2D eigenvalue weighted by atomic mass is 32.2. The SMILES string of the molecule is COc1ccc(S(=O)(=O)N2CCC3(C=Cc4cc(-c5ccccc5)ccc4O3)CC2)cc1. The van der Waals surface area contributed by atoms with Crippen LogP contribution in [0.15, 0.2) is 83.8 Å². The molecule has 5 rings (SSSR count). The number of methoxy groups -OCH3 is 1. The molecule has 2 aliphatic heterocycles. The monoisotopic (exact) mass is 447 g/mol. The summed E-state index contributed by atoms with van der Waals surface area (Å²) in [6, 6.07) is 23.0. The highest BCUT2D eigenvalue weighted by Gasteiger charge is 2.40. The van der Waals surface area contributed by atoms with Crippen molar-refractivity contribution in [1.29, 1.82) is 0 Å². The second-order valence-corrected chi connectivity index (χ2v) is 10.1. The van der Waals surface area contributed by atoms with Crippen LogP contribution in [0.2, 0.25) is 0 Å². The van der Waals surface area contributed by atoms with Crippen LogP contribution in [-0.4, -0.2) is 38.5 Å². The lowest BCUT2D eigenvalue weighted by atomic mass is 9.88. The standard InChI is InChI=1S/C26H25NO4S/c1-30-23-8-10-24(11-9-23)32(28,29)27-17-15-26(16-18-27)14-13-22-19-21(7-12-25(22)31-26)20-5-3-2-4-6-20/h2-14,19H,15-18H2,1H3. The Balaban J connectivity index is 1.31. The van der Waals surface area contributed by atoms with Crippen LogP contribution in [0, 0.1) is 0 Å². The van der Waals surface area contributed by atoms with Gasteiger partial charge in [-0.2, -0.15) is 4.31 Å². The fourth-order valence-electron chi connectivity index (χ4n) is 4.35. The van der Waals surface area contributed by atoms with Gasteiger partial charge in [0.25, 0.3) is 0 Å². The molecule has 0 amide bonds. The number of fused-ring (bicyclic) bond motifs is 1. The first-order valence-electron chi connectivity index (χ1n) is 10.7. The van der Waals surface area contributed by atoms with E-state index < -0.39 is 15.6 Å². The summed E-state index contributed by atoms with van der Waals surface area (Å²) in [5, 5.41) is 0. The van der Waals surface area contributed by atoms with Gasteiger partial charge in [-0.15, -0.1) is 0 Å². The van der Waals surface area contributed by atoms with Crippen molar-refractivity contribution >= 4 is 16.1 Å². The zero-order valence-electron chi connectivity index (χ0n) is 17.9. The van der Waals surface area contributed by atoms with Crippen molar-refractivity contribution in [1.82, 2.24) is 4.31 Å². The zero-order chi connectivity index (χ0) is 22.2. The van der Waals surface area contributed by atoms with Crippen molar-refractivity contribution < 1.29 is 17.9 Å². The molecular weight excluding hydrogens is 422 g/mol. The molecule has 5 nitrogen and oxygen atoms in total. The predicted octanol–water partition coefficient (Wildman–Crippen LogP) is 4.99. The molecule has 0 N–H and O–H groups in total. The fourth-order valence-corrected chi connectivity index (χ4v) is 5.79. The van der Waals surface area contributed by atoms with Gasteiger partial charge in [-0.25, -0.2) is 8.42 Å². The molecule has 2 heterocycles. The molecule has 2 aliphatic rings. The van der Waals surface area contributed by atoms with Gasteiger partial charge in [-0.05, 0) is 53.6 Å². The van der Waals surface area contributed by atoms with Gasteiger partial charge in [0.05, 0.1) is 12.0 Å². The summed E-state index contributed by atoms with van der Waals surface area (Å²) in [6.07, 6.45) is 5.43. The molecule has 0 aliphatic carbocycles. The van der Waals surface area contributed by atoms with Crippen LogP contribution in [0.1, 0.15) is 18.4 Å². The Labute approximate surface area is 189 Å². The normalized spacial score (nSPS) is 17.5. The number of ether oxygens (including phenoxy) is 2. The van der Waals surface area contributed by atoms with Gasteiger partial charge in [0.2, 0.25) is 10.0 Å². The molecule has 1 fully saturated rings. The quantitative estimate of drug-likeness (QED) is 0.565. The molecule has 0 unspecified atom stereocenters. The highest BCUT2D eigenvalue weighted by molar-refractivity contribution is 7.89. The van der Waals surface area contributed by atoms with E-state index in [1.807, 2.05) is 24.3 Å². The van der Waals surface area contributed by atoms with E-state index in [0.29, 0.717) is 31.7 Å². The minimum Gasteiger partial charge on any atom is -0.497 e. The van der Waals surface area contributed by atoms with E-state index in [9.17, 15) is 8.42 Å². The van der Waals surface area contributed by atoms with E-state index in [1.54, 1.807) is 35.7 Å². The van der Waals surface area contributed by atoms with Crippen molar-refractivity contribution in [2.45, 2.75) is 23.3 Å². The molecule has 3 aromatic rings. The lowest BCUT2D eigenvalue weighted by molar-refractivity contribution is 0.0620. The van der Waals surface area contributed by atoms with Crippen molar-refractivity contribution in [3.63, 3.8) is 0 Å². The van der Waals surface area contributed by atoms with Crippen LogP contribution >= 0.6 is 0 Å². The number of nitrogens with zero attached hydrogens (tertiary/aromatic N) is 1. The molecule has 0 bridgehead atoms. The first-order valence-corrected chi connectivity index (χ1v) is 12.2. The Morgan fingerprint density at radius 3 is 2.31 bits per heavy atom. The van der Waals surface area contributed by atoms with Crippen LogP contribution in [0.3, 0.4) is 0 Å². The molecule has 1 spiro atoms. The van der Waals surface area contributed by atoms with Crippen LogP contribution in [-0.2, 0) is 10.0 Å². The third-order valence-electron chi connectivity index (χ3n) is 6.26. The van der Waals surface area contributed by atoms with Gasteiger partial charge in [0, 0.05) is 31.5 Å². The van der Waals surface area contributed by atoms with E-state index in [-0.39, 0.29) is 4.90 Å². The molecule has 0 radical (unpaired) electrons. The molecule has 1 saturated heterocycles. The van der Waals surface area contributed by atoms with E-state index >= 15 is 0 Å². The summed E-state index contributed by atoms with van der Waals surface area (Å²) >= 11 is 0. The number of benzene rings is 3. The predicted molar refractivity (Wildman–Crippen MR) is 125 cm³/mol. The Bertz CT molecular complexity index is 1240. The van der Waals surface area contributed by atoms with Crippen molar-refractivity contribution in [3.05, 3.63) is 84.4 Å². The molecule has 6 heteroatoms. The van der Waals surface area contributed by atoms with E-state index in [0.717, 1.165) is 16.9 Å². The van der Waals surface area contributed by atoms with Crippen molar-refractivity contribution in [2.24, 2.45) is 0 Å². The topological polar surface area (TPSA) is 55.8 Å². The summed E-state index contributed by atoms with van der Waals surface area (Å²) in [7, 11) is -1.98. The molecule has 3 aromatic carbocycles. The van der Waals surface area contributed by atoms with Crippen molar-refractivity contribution in [3.8, 4) is 22.6 Å². The van der Waals surface area contributed by atoms with Gasteiger partial charge in [0.1, 0.15) is 17.1 Å². The summed E-state index contributed by atoms with van der Waals surface area (Å²) in [5.74, 6) is 1.48. The number of sulfonamides is 1. The van der Waals surface area contributed by atoms with Gasteiger partial charge in [0.15, 0.2) is 0 Å². The average molecular weight is 448 g/mol. The van der Waals surface area contributed by atoms with Crippen LogP contribution < -0.4 is 9.47 Å². The Kier molecular flexibility index (Phi) is 5.27. The second-order valence-electron chi connectivity index (χ2n) is 8.20.